The topological polar surface area (TPSA) is 26.3 Å². The molecule has 2 nitrogen and oxygen atoms in total. The second-order valence-electron chi connectivity index (χ2n) is 6.33. The third kappa shape index (κ3) is 3.07. The quantitative estimate of drug-likeness (QED) is 0.655. The summed E-state index contributed by atoms with van der Waals surface area (Å²) in [4.78, 5) is 12.1. The zero-order valence-corrected chi connectivity index (χ0v) is 12.8. The third-order valence-electron chi connectivity index (χ3n) is 5.18. The summed E-state index contributed by atoms with van der Waals surface area (Å²) >= 11 is 0. The Morgan fingerprint density at radius 3 is 2.61 bits per heavy atom. The van der Waals surface area contributed by atoms with Gasteiger partial charge in [0, 0.05) is 0 Å². The van der Waals surface area contributed by atoms with Crippen molar-refractivity contribution in [3.8, 4) is 0 Å². The van der Waals surface area contributed by atoms with Crippen LogP contribution in [0.3, 0.4) is 0 Å². The zero-order chi connectivity index (χ0) is 13.8. The molecule has 0 radical (unpaired) electrons. The summed E-state index contributed by atoms with van der Waals surface area (Å²) in [6.07, 6.45) is 7.05. The Labute approximate surface area is 112 Å². The van der Waals surface area contributed by atoms with Gasteiger partial charge in [-0.1, -0.05) is 40.0 Å². The van der Waals surface area contributed by atoms with Gasteiger partial charge in [0.05, 0.1) is 12.5 Å². The maximum absolute atomic E-state index is 12.1. The molecule has 0 bridgehead atoms. The number of hydrogen-bond acceptors (Lipinski definition) is 2. The molecule has 1 aliphatic rings. The monoisotopic (exact) mass is 254 g/mol. The van der Waals surface area contributed by atoms with Crippen LogP contribution in [0.5, 0.6) is 0 Å². The van der Waals surface area contributed by atoms with Crippen molar-refractivity contribution in [3.05, 3.63) is 0 Å². The molecule has 3 unspecified atom stereocenters. The molecule has 1 fully saturated rings. The van der Waals surface area contributed by atoms with Crippen molar-refractivity contribution in [2.45, 2.75) is 66.2 Å². The van der Waals surface area contributed by atoms with Crippen molar-refractivity contribution in [1.29, 1.82) is 0 Å². The predicted molar refractivity (Wildman–Crippen MR) is 75.3 cm³/mol. The number of unbranched alkanes of at least 4 members (excludes halogenated alkanes) is 1. The summed E-state index contributed by atoms with van der Waals surface area (Å²) < 4.78 is 5.07. The molecule has 1 saturated carbocycles. The van der Waals surface area contributed by atoms with Gasteiger partial charge >= 0.3 is 5.97 Å². The standard InChI is InChI=1S/C16H30O2/c1-6-8-9-14-10-13(12(3)7-2)11-16(14,4)15(17)18-5/h12-14H,6-11H2,1-5H3/t12-,13?,14?,16?/m0/s1. The van der Waals surface area contributed by atoms with E-state index >= 15 is 0 Å². The van der Waals surface area contributed by atoms with Gasteiger partial charge in [0.1, 0.15) is 0 Å². The molecule has 0 spiro atoms. The van der Waals surface area contributed by atoms with Crippen molar-refractivity contribution < 1.29 is 9.53 Å². The van der Waals surface area contributed by atoms with Gasteiger partial charge in [0.25, 0.3) is 0 Å². The highest BCUT2D eigenvalue weighted by atomic mass is 16.5. The number of carbonyl (C=O) groups excluding carboxylic acids is 1. The Morgan fingerprint density at radius 1 is 1.44 bits per heavy atom. The van der Waals surface area contributed by atoms with Crippen molar-refractivity contribution in [2.75, 3.05) is 7.11 Å². The Kier molecular flexibility index (Phi) is 5.68. The van der Waals surface area contributed by atoms with Crippen LogP contribution >= 0.6 is 0 Å². The van der Waals surface area contributed by atoms with Gasteiger partial charge < -0.3 is 4.74 Å². The highest BCUT2D eigenvalue weighted by Crippen LogP contribution is 2.51. The smallest absolute Gasteiger partial charge is 0.311 e. The minimum atomic E-state index is -0.238. The highest BCUT2D eigenvalue weighted by Gasteiger charge is 2.50. The van der Waals surface area contributed by atoms with E-state index in [4.69, 9.17) is 4.74 Å². The van der Waals surface area contributed by atoms with Gasteiger partial charge in [0.15, 0.2) is 0 Å². The van der Waals surface area contributed by atoms with E-state index in [9.17, 15) is 4.79 Å². The van der Waals surface area contributed by atoms with E-state index in [1.807, 2.05) is 0 Å². The van der Waals surface area contributed by atoms with E-state index in [1.165, 1.54) is 39.2 Å². The van der Waals surface area contributed by atoms with E-state index in [0.717, 1.165) is 12.3 Å². The fourth-order valence-electron chi connectivity index (χ4n) is 3.56. The van der Waals surface area contributed by atoms with Gasteiger partial charge in [-0.3, -0.25) is 4.79 Å². The summed E-state index contributed by atoms with van der Waals surface area (Å²) in [6, 6.07) is 0. The number of hydrogen-bond donors (Lipinski definition) is 0. The molecule has 0 amide bonds. The minimum absolute atomic E-state index is 0.00871. The molecule has 4 atom stereocenters. The van der Waals surface area contributed by atoms with Gasteiger partial charge in [-0.25, -0.2) is 0 Å². The van der Waals surface area contributed by atoms with Crippen LogP contribution in [0.25, 0.3) is 0 Å². The van der Waals surface area contributed by atoms with Crippen LogP contribution in [-0.4, -0.2) is 13.1 Å². The molecule has 0 N–H and O–H groups in total. The van der Waals surface area contributed by atoms with E-state index in [0.29, 0.717) is 11.8 Å². The Balaban J connectivity index is 2.80. The first-order chi connectivity index (χ1) is 8.49. The summed E-state index contributed by atoms with van der Waals surface area (Å²) in [5, 5.41) is 0. The normalized spacial score (nSPS) is 33.4. The lowest BCUT2D eigenvalue weighted by atomic mass is 9.77. The molecule has 0 aromatic rings. The lowest BCUT2D eigenvalue weighted by molar-refractivity contribution is -0.154. The summed E-state index contributed by atoms with van der Waals surface area (Å²) in [7, 11) is 1.53. The van der Waals surface area contributed by atoms with Crippen molar-refractivity contribution in [2.24, 2.45) is 23.2 Å². The Hall–Kier alpha value is -0.530. The SMILES string of the molecule is CCCCC1CC([C@@H](C)CC)CC1(C)C(=O)OC. The van der Waals surface area contributed by atoms with Crippen LogP contribution in [-0.2, 0) is 9.53 Å². The number of carbonyl (C=O) groups is 1. The van der Waals surface area contributed by atoms with Crippen LogP contribution in [0.2, 0.25) is 0 Å². The fourth-order valence-corrected chi connectivity index (χ4v) is 3.56. The number of methoxy groups -OCH3 is 1. The molecular weight excluding hydrogens is 224 g/mol. The molecule has 0 aliphatic heterocycles. The van der Waals surface area contributed by atoms with E-state index in [-0.39, 0.29) is 11.4 Å². The number of esters is 1. The maximum Gasteiger partial charge on any atom is 0.311 e. The van der Waals surface area contributed by atoms with Crippen molar-refractivity contribution in [1.82, 2.24) is 0 Å². The zero-order valence-electron chi connectivity index (χ0n) is 12.8. The molecule has 0 heterocycles. The van der Waals surface area contributed by atoms with Crippen LogP contribution in [0, 0.1) is 23.2 Å². The Morgan fingerprint density at radius 2 is 2.11 bits per heavy atom. The van der Waals surface area contributed by atoms with Crippen molar-refractivity contribution in [3.63, 3.8) is 0 Å². The van der Waals surface area contributed by atoms with E-state index in [2.05, 4.69) is 27.7 Å². The van der Waals surface area contributed by atoms with Gasteiger partial charge in [-0.15, -0.1) is 0 Å². The lowest BCUT2D eigenvalue weighted by Crippen LogP contribution is -2.33. The molecule has 1 aliphatic carbocycles. The summed E-state index contributed by atoms with van der Waals surface area (Å²) in [6.45, 7) is 8.92. The number of rotatable bonds is 6. The molecule has 0 saturated heterocycles. The minimum Gasteiger partial charge on any atom is -0.469 e. The number of ether oxygens (including phenoxy) is 1. The average Bonchev–Trinajstić information content (AvgIpc) is 2.73. The first-order valence-electron chi connectivity index (χ1n) is 7.57. The van der Waals surface area contributed by atoms with E-state index < -0.39 is 0 Å². The maximum atomic E-state index is 12.1. The van der Waals surface area contributed by atoms with Crippen LogP contribution < -0.4 is 0 Å². The molecule has 1 rings (SSSR count). The van der Waals surface area contributed by atoms with Gasteiger partial charge in [0.2, 0.25) is 0 Å². The largest absolute Gasteiger partial charge is 0.469 e. The molecule has 0 aromatic heterocycles. The summed E-state index contributed by atoms with van der Waals surface area (Å²) in [5.74, 6) is 1.94. The fraction of sp³-hybridized carbons (Fsp3) is 0.938. The van der Waals surface area contributed by atoms with Crippen molar-refractivity contribution >= 4 is 5.97 Å². The molecule has 2 heteroatoms. The summed E-state index contributed by atoms with van der Waals surface area (Å²) in [5.41, 5.74) is -0.238. The third-order valence-corrected chi connectivity index (χ3v) is 5.18. The second kappa shape index (κ2) is 6.58. The van der Waals surface area contributed by atoms with Crippen LogP contribution in [0.15, 0.2) is 0 Å². The van der Waals surface area contributed by atoms with E-state index in [1.54, 1.807) is 0 Å². The first kappa shape index (κ1) is 15.5. The van der Waals surface area contributed by atoms with Gasteiger partial charge in [-0.05, 0) is 43.9 Å². The average molecular weight is 254 g/mol. The van der Waals surface area contributed by atoms with Gasteiger partial charge in [-0.2, -0.15) is 0 Å². The molecule has 18 heavy (non-hydrogen) atoms. The highest BCUT2D eigenvalue weighted by molar-refractivity contribution is 5.77. The predicted octanol–water partition coefficient (Wildman–Crippen LogP) is 4.43. The van der Waals surface area contributed by atoms with Crippen LogP contribution in [0.4, 0.5) is 0 Å². The molecular formula is C16H30O2. The molecule has 0 aromatic carbocycles. The second-order valence-corrected chi connectivity index (χ2v) is 6.33. The Bertz CT molecular complexity index is 274. The van der Waals surface area contributed by atoms with Crippen LogP contribution in [0.1, 0.15) is 66.2 Å². The first-order valence-corrected chi connectivity index (χ1v) is 7.57. The molecule has 106 valence electrons. The lowest BCUT2D eigenvalue weighted by Gasteiger charge is -2.28.